The Morgan fingerprint density at radius 3 is 2.33 bits per heavy atom. The molecule has 0 fully saturated rings. The highest BCUT2D eigenvalue weighted by Crippen LogP contribution is 2.38. The van der Waals surface area contributed by atoms with Crippen molar-refractivity contribution in [1.29, 1.82) is 0 Å². The number of hydrogen-bond acceptors (Lipinski definition) is 2. The van der Waals surface area contributed by atoms with Crippen LogP contribution in [-0.4, -0.2) is 4.89 Å². The third-order valence-corrected chi connectivity index (χ3v) is 2.81. The molecule has 0 saturated heterocycles. The summed E-state index contributed by atoms with van der Waals surface area (Å²) < 4.78 is 10.8. The highest BCUT2D eigenvalue weighted by Gasteiger charge is 2.41. The van der Waals surface area contributed by atoms with Crippen LogP contribution in [0.5, 0.6) is 0 Å². The summed E-state index contributed by atoms with van der Waals surface area (Å²) >= 11 is 0. The van der Waals surface area contributed by atoms with Crippen LogP contribution in [0.1, 0.15) is 12.5 Å². The molecular weight excluding hydrogens is 173 g/mol. The van der Waals surface area contributed by atoms with E-state index in [1.54, 1.807) is 31.2 Å². The first-order valence-corrected chi connectivity index (χ1v) is 4.77. The van der Waals surface area contributed by atoms with E-state index in [0.717, 1.165) is 0 Å². The van der Waals surface area contributed by atoms with Crippen LogP contribution in [-0.2, 0) is 9.85 Å². The summed E-state index contributed by atoms with van der Waals surface area (Å²) in [4.78, 5) is 8.92. The molecule has 3 N–H and O–H groups in total. The summed E-state index contributed by atoms with van der Waals surface area (Å²) in [6.07, 6.45) is 0. The Labute approximate surface area is 72.1 Å². The lowest BCUT2D eigenvalue weighted by Gasteiger charge is -2.09. The third-order valence-electron chi connectivity index (χ3n) is 1.76. The predicted octanol–water partition coefficient (Wildman–Crippen LogP) is 1.55. The van der Waals surface area contributed by atoms with Crippen LogP contribution in [0.4, 0.5) is 0 Å². The largest absolute Gasteiger partial charge is 0.532 e. The molecule has 0 aromatic heterocycles. The van der Waals surface area contributed by atoms with Gasteiger partial charge in [-0.1, -0.05) is 30.3 Å². The van der Waals surface area contributed by atoms with E-state index in [-0.39, 0.29) is 0 Å². The first kappa shape index (κ1) is 9.33. The summed E-state index contributed by atoms with van der Waals surface area (Å²) in [6, 6.07) is 8.90. The maximum Gasteiger partial charge on any atom is 0.532 e. The molecule has 64 valence electrons. The van der Waals surface area contributed by atoms with Crippen molar-refractivity contribution in [3.63, 3.8) is 0 Å². The van der Waals surface area contributed by atoms with Crippen molar-refractivity contribution in [2.45, 2.75) is 12.2 Å². The average molecular weight is 184 g/mol. The first-order chi connectivity index (χ1) is 5.55. The van der Waals surface area contributed by atoms with Crippen molar-refractivity contribution in [3.05, 3.63) is 35.9 Å². The van der Waals surface area contributed by atoms with E-state index < -0.39 is 13.3 Å². The zero-order valence-corrected chi connectivity index (χ0v) is 7.66. The Morgan fingerprint density at radius 1 is 1.42 bits per heavy atom. The zero-order valence-electron chi connectivity index (χ0n) is 6.77. The lowest BCUT2D eigenvalue weighted by molar-refractivity contribution is 0.462. The fourth-order valence-corrected chi connectivity index (χ4v) is 1.26. The molecule has 0 heterocycles. The number of nitrogens with two attached hydrogens (primary N) is 1. The highest BCUT2D eigenvalue weighted by atomic mass is 31.1. The van der Waals surface area contributed by atoms with Crippen LogP contribution in [0.3, 0.4) is 0 Å². The second-order valence-corrected chi connectivity index (χ2v) is 4.26. The number of hydrogen-bond donors (Lipinski definition) is 2. The molecule has 0 aliphatic carbocycles. The molecule has 0 aliphatic rings. The van der Waals surface area contributed by atoms with Gasteiger partial charge in [0.05, 0.1) is 0 Å². The van der Waals surface area contributed by atoms with Gasteiger partial charge in [-0.25, -0.2) is 0 Å². The van der Waals surface area contributed by atoms with E-state index in [1.807, 2.05) is 6.07 Å². The minimum absolute atomic E-state index is 0.675. The van der Waals surface area contributed by atoms with Crippen molar-refractivity contribution in [2.75, 3.05) is 0 Å². The van der Waals surface area contributed by atoms with Crippen LogP contribution in [0, 0.1) is 0 Å². The normalized spacial score (nSPS) is 16.8. The molecule has 2 atom stereocenters. The van der Waals surface area contributed by atoms with Crippen LogP contribution in [0.15, 0.2) is 30.3 Å². The van der Waals surface area contributed by atoms with Gasteiger partial charge in [0.1, 0.15) is 0 Å². The topological polar surface area (TPSA) is 63.3 Å². The quantitative estimate of drug-likeness (QED) is 0.685. The molecule has 0 aliphatic heterocycles. The van der Waals surface area contributed by atoms with Crippen molar-refractivity contribution < 1.29 is 9.46 Å². The molecular formula is C8H11NO2P+. The standard InChI is InChI=1S/C8H10NO2P/c1-8(9,12(10)11)7-5-3-2-4-6-7/h2-6H,9H2,1H3/p+1/t8-/m1/s1. The lowest BCUT2D eigenvalue weighted by atomic mass is 10.1. The molecule has 0 saturated carbocycles. The molecule has 1 aromatic rings. The molecule has 4 heteroatoms. The minimum atomic E-state index is -2.39. The number of benzene rings is 1. The van der Waals surface area contributed by atoms with E-state index in [0.29, 0.717) is 5.56 Å². The van der Waals surface area contributed by atoms with E-state index in [4.69, 9.17) is 10.6 Å². The van der Waals surface area contributed by atoms with Crippen LogP contribution >= 0.6 is 8.03 Å². The van der Waals surface area contributed by atoms with Gasteiger partial charge in [-0.3, -0.25) is 5.73 Å². The van der Waals surface area contributed by atoms with Gasteiger partial charge in [-0.15, -0.1) is 0 Å². The van der Waals surface area contributed by atoms with Crippen LogP contribution in [0.25, 0.3) is 0 Å². The highest BCUT2D eigenvalue weighted by molar-refractivity contribution is 7.39. The minimum Gasteiger partial charge on any atom is -0.279 e. The lowest BCUT2D eigenvalue weighted by Crippen LogP contribution is -2.28. The van der Waals surface area contributed by atoms with Gasteiger partial charge in [0.15, 0.2) is 0 Å². The molecule has 3 nitrogen and oxygen atoms in total. The van der Waals surface area contributed by atoms with E-state index in [1.165, 1.54) is 0 Å². The summed E-state index contributed by atoms with van der Waals surface area (Å²) in [7, 11) is -2.39. The van der Waals surface area contributed by atoms with Gasteiger partial charge in [0.2, 0.25) is 0 Å². The molecule has 0 bridgehead atoms. The molecule has 1 rings (SSSR count). The van der Waals surface area contributed by atoms with Gasteiger partial charge in [-0.05, 0) is 4.57 Å². The fourth-order valence-electron chi connectivity index (χ4n) is 0.886. The molecule has 0 radical (unpaired) electrons. The molecule has 12 heavy (non-hydrogen) atoms. The van der Waals surface area contributed by atoms with Crippen molar-refractivity contribution >= 4 is 8.03 Å². The van der Waals surface area contributed by atoms with Gasteiger partial charge in [-0.2, -0.15) is 4.89 Å². The van der Waals surface area contributed by atoms with Crippen molar-refractivity contribution in [3.8, 4) is 0 Å². The van der Waals surface area contributed by atoms with Gasteiger partial charge >= 0.3 is 8.03 Å². The SMILES string of the molecule is C[C@](N)(c1ccccc1)[P+](=O)O. The van der Waals surface area contributed by atoms with E-state index >= 15 is 0 Å². The molecule has 1 unspecified atom stereocenters. The smallest absolute Gasteiger partial charge is 0.279 e. The van der Waals surface area contributed by atoms with Crippen molar-refractivity contribution in [2.24, 2.45) is 5.73 Å². The summed E-state index contributed by atoms with van der Waals surface area (Å²) in [5.74, 6) is 0. The molecule has 0 amide bonds. The molecule has 0 spiro atoms. The summed E-state index contributed by atoms with van der Waals surface area (Å²) in [6.45, 7) is 1.54. The van der Waals surface area contributed by atoms with Gasteiger partial charge < -0.3 is 0 Å². The fraction of sp³-hybridized carbons (Fsp3) is 0.250. The first-order valence-electron chi connectivity index (χ1n) is 3.56. The Balaban J connectivity index is 3.06. The van der Waals surface area contributed by atoms with E-state index in [9.17, 15) is 4.57 Å². The Hall–Kier alpha value is -0.760. The Morgan fingerprint density at radius 2 is 1.92 bits per heavy atom. The van der Waals surface area contributed by atoms with Crippen molar-refractivity contribution in [1.82, 2.24) is 0 Å². The third kappa shape index (κ3) is 1.69. The second-order valence-electron chi connectivity index (χ2n) is 2.79. The Bertz CT molecular complexity index is 284. The second kappa shape index (κ2) is 3.31. The number of rotatable bonds is 2. The van der Waals surface area contributed by atoms with Crippen LogP contribution < -0.4 is 5.73 Å². The summed E-state index contributed by atoms with van der Waals surface area (Å²) in [5, 5.41) is -1.14. The maximum absolute atomic E-state index is 10.8. The Kier molecular flexibility index (Phi) is 2.58. The van der Waals surface area contributed by atoms with Crippen LogP contribution in [0.2, 0.25) is 0 Å². The predicted molar refractivity (Wildman–Crippen MR) is 47.8 cm³/mol. The zero-order chi connectivity index (χ0) is 9.19. The average Bonchev–Trinajstić information content (AvgIpc) is 2.06. The summed E-state index contributed by atoms with van der Waals surface area (Å²) in [5.41, 5.74) is 6.32. The maximum atomic E-state index is 10.8. The molecule has 1 aromatic carbocycles. The van der Waals surface area contributed by atoms with Gasteiger partial charge in [0.25, 0.3) is 5.28 Å². The monoisotopic (exact) mass is 184 g/mol. The van der Waals surface area contributed by atoms with Gasteiger partial charge in [0, 0.05) is 12.5 Å². The van der Waals surface area contributed by atoms with E-state index in [2.05, 4.69) is 0 Å².